The van der Waals surface area contributed by atoms with Gasteiger partial charge in [-0.25, -0.2) is 0 Å². The van der Waals surface area contributed by atoms with Gasteiger partial charge in [0, 0.05) is 6.42 Å². The summed E-state index contributed by atoms with van der Waals surface area (Å²) < 4.78 is 5.34. The number of hydrogen-bond donors (Lipinski definition) is 3. The summed E-state index contributed by atoms with van der Waals surface area (Å²) in [6.07, 6.45) is 2.06. The molecule has 22 heavy (non-hydrogen) atoms. The van der Waals surface area contributed by atoms with Gasteiger partial charge in [0.25, 0.3) is 5.91 Å². The third-order valence-corrected chi connectivity index (χ3v) is 2.95. The largest absolute Gasteiger partial charge is 0.484 e. The molecule has 1 aromatic rings. The van der Waals surface area contributed by atoms with Crippen LogP contribution < -0.4 is 20.9 Å². The van der Waals surface area contributed by atoms with Gasteiger partial charge in [-0.2, -0.15) is 0 Å². The van der Waals surface area contributed by atoms with E-state index < -0.39 is 5.91 Å². The maximum absolute atomic E-state index is 11.6. The lowest BCUT2D eigenvalue weighted by atomic mass is 10.2. The van der Waals surface area contributed by atoms with Crippen molar-refractivity contribution in [2.45, 2.75) is 33.1 Å². The third kappa shape index (κ3) is 7.03. The highest BCUT2D eigenvalue weighted by Gasteiger charge is 2.06. The van der Waals surface area contributed by atoms with Crippen LogP contribution in [-0.4, -0.2) is 23.5 Å². The number of nitrogens with one attached hydrogen (secondary N) is 3. The number of thiocarbonyl (C=S) groups is 1. The van der Waals surface area contributed by atoms with Crippen molar-refractivity contribution in [2.75, 3.05) is 6.61 Å². The minimum Gasteiger partial charge on any atom is -0.484 e. The van der Waals surface area contributed by atoms with Crippen LogP contribution in [0.1, 0.15) is 32.3 Å². The molecule has 3 N–H and O–H groups in total. The van der Waals surface area contributed by atoms with Crippen molar-refractivity contribution < 1.29 is 14.3 Å². The Morgan fingerprint density at radius 2 is 1.77 bits per heavy atom. The van der Waals surface area contributed by atoms with E-state index in [4.69, 9.17) is 17.0 Å². The Kier molecular flexibility index (Phi) is 7.91. The molecule has 7 heteroatoms. The molecule has 0 saturated carbocycles. The molecule has 0 aliphatic heterocycles. The summed E-state index contributed by atoms with van der Waals surface area (Å²) in [5, 5.41) is 2.50. The summed E-state index contributed by atoms with van der Waals surface area (Å²) in [7, 11) is 0. The first-order valence-corrected chi connectivity index (χ1v) is 7.56. The SMILES string of the molecule is CCCC(=O)NC(=S)NNC(=O)COc1ccc(CC)cc1. The highest BCUT2D eigenvalue weighted by Crippen LogP contribution is 2.12. The van der Waals surface area contributed by atoms with E-state index in [0.717, 1.165) is 12.8 Å². The molecular formula is C15H21N3O3S. The van der Waals surface area contributed by atoms with E-state index in [0.29, 0.717) is 12.2 Å². The maximum Gasteiger partial charge on any atom is 0.276 e. The van der Waals surface area contributed by atoms with Crippen LogP contribution in [0.3, 0.4) is 0 Å². The molecule has 0 saturated heterocycles. The number of carbonyl (C=O) groups excluding carboxylic acids is 2. The Bertz CT molecular complexity index is 517. The number of amides is 2. The first-order valence-electron chi connectivity index (χ1n) is 7.15. The monoisotopic (exact) mass is 323 g/mol. The molecule has 0 aliphatic carbocycles. The molecule has 0 aliphatic rings. The standard InChI is InChI=1S/C15H21N3O3S/c1-3-5-13(19)16-15(22)18-17-14(20)10-21-12-8-6-11(4-2)7-9-12/h6-9H,3-5,10H2,1-2H3,(H,17,20)(H2,16,18,19,22). The van der Waals surface area contributed by atoms with Gasteiger partial charge < -0.3 is 10.1 Å². The molecule has 0 radical (unpaired) electrons. The highest BCUT2D eigenvalue weighted by molar-refractivity contribution is 7.80. The Labute approximate surface area is 135 Å². The van der Waals surface area contributed by atoms with Gasteiger partial charge in [-0.1, -0.05) is 26.0 Å². The van der Waals surface area contributed by atoms with E-state index in [1.807, 2.05) is 31.2 Å². The second-order valence-electron chi connectivity index (χ2n) is 4.59. The summed E-state index contributed by atoms with van der Waals surface area (Å²) in [6, 6.07) is 7.53. The predicted molar refractivity (Wildman–Crippen MR) is 88.2 cm³/mol. The van der Waals surface area contributed by atoms with Crippen molar-refractivity contribution in [3.63, 3.8) is 0 Å². The molecule has 1 aromatic carbocycles. The van der Waals surface area contributed by atoms with Gasteiger partial charge in [-0.05, 0) is 42.8 Å². The highest BCUT2D eigenvalue weighted by atomic mass is 32.1. The van der Waals surface area contributed by atoms with Crippen molar-refractivity contribution in [2.24, 2.45) is 0 Å². The summed E-state index contributed by atoms with van der Waals surface area (Å²) in [6.45, 7) is 3.81. The van der Waals surface area contributed by atoms with E-state index >= 15 is 0 Å². The van der Waals surface area contributed by atoms with Crippen LogP contribution in [-0.2, 0) is 16.0 Å². The summed E-state index contributed by atoms with van der Waals surface area (Å²) >= 11 is 4.87. The van der Waals surface area contributed by atoms with Gasteiger partial charge in [0.2, 0.25) is 5.91 Å². The zero-order chi connectivity index (χ0) is 16.4. The van der Waals surface area contributed by atoms with Gasteiger partial charge in [0.05, 0.1) is 0 Å². The van der Waals surface area contributed by atoms with Crippen LogP contribution in [0.5, 0.6) is 5.75 Å². The number of rotatable bonds is 6. The Morgan fingerprint density at radius 1 is 1.09 bits per heavy atom. The molecule has 0 fully saturated rings. The molecule has 0 aromatic heterocycles. The fourth-order valence-electron chi connectivity index (χ4n) is 1.58. The average molecular weight is 323 g/mol. The van der Waals surface area contributed by atoms with Crippen molar-refractivity contribution >= 4 is 29.1 Å². The number of hydrazine groups is 1. The lowest BCUT2D eigenvalue weighted by Gasteiger charge is -2.11. The van der Waals surface area contributed by atoms with Gasteiger partial charge in [-0.15, -0.1) is 0 Å². The van der Waals surface area contributed by atoms with Gasteiger partial charge in [0.15, 0.2) is 11.7 Å². The van der Waals surface area contributed by atoms with Crippen LogP contribution in [0.25, 0.3) is 0 Å². The van der Waals surface area contributed by atoms with Crippen LogP contribution in [0.4, 0.5) is 0 Å². The smallest absolute Gasteiger partial charge is 0.276 e. The molecule has 0 atom stereocenters. The van der Waals surface area contributed by atoms with E-state index in [-0.39, 0.29) is 17.6 Å². The van der Waals surface area contributed by atoms with E-state index in [1.54, 1.807) is 0 Å². The topological polar surface area (TPSA) is 79.5 Å². The Balaban J connectivity index is 2.25. The van der Waals surface area contributed by atoms with Gasteiger partial charge in [-0.3, -0.25) is 20.4 Å². The zero-order valence-electron chi connectivity index (χ0n) is 12.8. The van der Waals surface area contributed by atoms with Crippen LogP contribution in [0.2, 0.25) is 0 Å². The first kappa shape index (κ1) is 17.9. The van der Waals surface area contributed by atoms with E-state index in [9.17, 15) is 9.59 Å². The summed E-state index contributed by atoms with van der Waals surface area (Å²) in [5.74, 6) is 0.0272. The average Bonchev–Trinajstić information content (AvgIpc) is 2.51. The zero-order valence-corrected chi connectivity index (χ0v) is 13.6. The third-order valence-electron chi connectivity index (χ3n) is 2.75. The number of hydrogen-bond acceptors (Lipinski definition) is 4. The quantitative estimate of drug-likeness (QED) is 0.545. The lowest BCUT2D eigenvalue weighted by molar-refractivity contribution is -0.124. The second kappa shape index (κ2) is 9.73. The van der Waals surface area contributed by atoms with Crippen molar-refractivity contribution in [3.8, 4) is 5.75 Å². The molecule has 1 rings (SSSR count). The molecule has 120 valence electrons. The molecule has 0 unspecified atom stereocenters. The number of carbonyl (C=O) groups is 2. The normalized spacial score (nSPS) is 9.73. The molecule has 0 spiro atoms. The van der Waals surface area contributed by atoms with Crippen LogP contribution in [0, 0.1) is 0 Å². The Morgan fingerprint density at radius 3 is 2.36 bits per heavy atom. The van der Waals surface area contributed by atoms with Crippen LogP contribution in [0.15, 0.2) is 24.3 Å². The number of benzene rings is 1. The summed E-state index contributed by atoms with van der Waals surface area (Å²) in [4.78, 5) is 22.9. The number of aryl methyl sites for hydroxylation is 1. The fraction of sp³-hybridized carbons (Fsp3) is 0.400. The van der Waals surface area contributed by atoms with Crippen LogP contribution >= 0.6 is 12.2 Å². The molecule has 2 amide bonds. The molecule has 0 bridgehead atoms. The number of ether oxygens (including phenoxy) is 1. The predicted octanol–water partition coefficient (Wildman–Crippen LogP) is 1.45. The minimum atomic E-state index is -0.397. The Hall–Kier alpha value is -2.15. The first-order chi connectivity index (χ1) is 10.5. The fourth-order valence-corrected chi connectivity index (χ4v) is 1.75. The van der Waals surface area contributed by atoms with Gasteiger partial charge in [0.1, 0.15) is 5.75 Å². The molecular weight excluding hydrogens is 302 g/mol. The van der Waals surface area contributed by atoms with Crippen molar-refractivity contribution in [1.82, 2.24) is 16.2 Å². The van der Waals surface area contributed by atoms with Gasteiger partial charge >= 0.3 is 0 Å². The van der Waals surface area contributed by atoms with Crippen molar-refractivity contribution in [1.29, 1.82) is 0 Å². The summed E-state index contributed by atoms with van der Waals surface area (Å²) in [5.41, 5.74) is 6.00. The van der Waals surface area contributed by atoms with E-state index in [2.05, 4.69) is 23.1 Å². The second-order valence-corrected chi connectivity index (χ2v) is 4.99. The van der Waals surface area contributed by atoms with Crippen molar-refractivity contribution in [3.05, 3.63) is 29.8 Å². The molecule has 6 nitrogen and oxygen atoms in total. The lowest BCUT2D eigenvalue weighted by Crippen LogP contribution is -2.49. The molecule has 0 heterocycles. The van der Waals surface area contributed by atoms with E-state index in [1.165, 1.54) is 5.56 Å². The minimum absolute atomic E-state index is 0.0547. The maximum atomic E-state index is 11.6.